The van der Waals surface area contributed by atoms with Gasteiger partial charge in [0.05, 0.1) is 4.90 Å². The molecule has 0 saturated carbocycles. The molecule has 0 bridgehead atoms. The summed E-state index contributed by atoms with van der Waals surface area (Å²) in [7, 11) is -3.67. The molecular formula is C27H39NO5S. The minimum atomic E-state index is -3.67. The number of sulfonamides is 1. The summed E-state index contributed by atoms with van der Waals surface area (Å²) in [6, 6.07) is 14.5. The van der Waals surface area contributed by atoms with E-state index in [1.807, 2.05) is 32.9 Å². The standard InChI is InChI=1S/C27H39NO5S/c1-27(2,3)33-26(29)12-10-8-6-4-5-7-9-11-22-13-17-24(18-14-22)32-21-23-15-19-25(20-16-23)34(28,30)31/h13-20H,4-12,21H2,1-3H3,(H2,28,30,31). The predicted octanol–water partition coefficient (Wildman–Crippen LogP) is 5.92. The summed E-state index contributed by atoms with van der Waals surface area (Å²) in [5, 5.41) is 5.11. The van der Waals surface area contributed by atoms with E-state index in [4.69, 9.17) is 14.6 Å². The lowest BCUT2D eigenvalue weighted by Crippen LogP contribution is -2.23. The fraction of sp³-hybridized carbons (Fsp3) is 0.519. The summed E-state index contributed by atoms with van der Waals surface area (Å²) < 4.78 is 33.7. The van der Waals surface area contributed by atoms with Gasteiger partial charge >= 0.3 is 5.97 Å². The van der Waals surface area contributed by atoms with Crippen LogP contribution in [0.15, 0.2) is 53.4 Å². The average Bonchev–Trinajstić information content (AvgIpc) is 2.76. The Bertz CT molecular complexity index is 977. The second-order valence-corrected chi connectivity index (χ2v) is 11.2. The number of ether oxygens (including phenoxy) is 2. The number of hydrogen-bond acceptors (Lipinski definition) is 5. The highest BCUT2D eigenvalue weighted by Gasteiger charge is 2.15. The zero-order chi connectivity index (χ0) is 25.0. The zero-order valence-corrected chi connectivity index (χ0v) is 21.5. The van der Waals surface area contributed by atoms with Gasteiger partial charge in [0.2, 0.25) is 10.0 Å². The fourth-order valence-corrected chi connectivity index (χ4v) is 4.08. The Hall–Kier alpha value is -2.38. The van der Waals surface area contributed by atoms with Gasteiger partial charge in [0.15, 0.2) is 0 Å². The lowest BCUT2D eigenvalue weighted by atomic mass is 10.0. The quantitative estimate of drug-likeness (QED) is 0.263. The van der Waals surface area contributed by atoms with Crippen LogP contribution in [0.3, 0.4) is 0 Å². The van der Waals surface area contributed by atoms with Crippen LogP contribution in [0.4, 0.5) is 0 Å². The molecule has 0 aromatic heterocycles. The topological polar surface area (TPSA) is 95.7 Å². The number of carbonyl (C=O) groups is 1. The number of aryl methyl sites for hydroxylation is 1. The van der Waals surface area contributed by atoms with Crippen LogP contribution in [0, 0.1) is 0 Å². The van der Waals surface area contributed by atoms with Gasteiger partial charge in [0.1, 0.15) is 18.0 Å². The van der Waals surface area contributed by atoms with Crippen LogP contribution in [-0.2, 0) is 32.6 Å². The van der Waals surface area contributed by atoms with Crippen molar-refractivity contribution in [1.82, 2.24) is 0 Å². The number of carbonyl (C=O) groups excluding carboxylic acids is 1. The molecule has 2 aromatic carbocycles. The Morgan fingerprint density at radius 3 is 1.88 bits per heavy atom. The molecule has 2 rings (SSSR count). The van der Waals surface area contributed by atoms with Gasteiger partial charge in [-0.25, -0.2) is 13.6 Å². The molecule has 0 saturated heterocycles. The van der Waals surface area contributed by atoms with E-state index in [2.05, 4.69) is 12.1 Å². The molecule has 0 fully saturated rings. The summed E-state index contributed by atoms with van der Waals surface area (Å²) in [6.45, 7) is 6.06. The highest BCUT2D eigenvalue weighted by Crippen LogP contribution is 2.18. The highest BCUT2D eigenvalue weighted by atomic mass is 32.2. The maximum Gasteiger partial charge on any atom is 0.306 e. The third-order valence-electron chi connectivity index (χ3n) is 5.35. The van der Waals surface area contributed by atoms with E-state index in [9.17, 15) is 13.2 Å². The van der Waals surface area contributed by atoms with Crippen LogP contribution in [-0.4, -0.2) is 20.0 Å². The van der Waals surface area contributed by atoms with Crippen LogP contribution >= 0.6 is 0 Å². The van der Waals surface area contributed by atoms with Crippen molar-refractivity contribution < 1.29 is 22.7 Å². The molecular weight excluding hydrogens is 450 g/mol. The molecule has 0 amide bonds. The first-order valence-corrected chi connectivity index (χ1v) is 13.6. The van der Waals surface area contributed by atoms with E-state index in [1.54, 1.807) is 12.1 Å². The number of nitrogens with two attached hydrogens (primary N) is 1. The predicted molar refractivity (Wildman–Crippen MR) is 135 cm³/mol. The second kappa shape index (κ2) is 13.5. The van der Waals surface area contributed by atoms with Crippen LogP contribution in [0.1, 0.15) is 83.3 Å². The first-order valence-electron chi connectivity index (χ1n) is 12.1. The van der Waals surface area contributed by atoms with Crippen LogP contribution in [0.2, 0.25) is 0 Å². The Labute approximate surface area is 204 Å². The van der Waals surface area contributed by atoms with Crippen molar-refractivity contribution in [3.8, 4) is 5.75 Å². The average molecular weight is 490 g/mol. The van der Waals surface area contributed by atoms with Crippen molar-refractivity contribution in [2.45, 2.75) is 95.7 Å². The molecule has 0 spiro atoms. The molecule has 0 atom stereocenters. The molecule has 0 aliphatic heterocycles. The van der Waals surface area contributed by atoms with Gasteiger partial charge in [-0.05, 0) is 75.4 Å². The monoisotopic (exact) mass is 489 g/mol. The molecule has 0 unspecified atom stereocenters. The molecule has 2 N–H and O–H groups in total. The third kappa shape index (κ3) is 11.7. The number of primary sulfonamides is 1. The molecule has 188 valence electrons. The number of benzene rings is 2. The fourth-order valence-electron chi connectivity index (χ4n) is 3.57. The maximum atomic E-state index is 11.7. The van der Waals surface area contributed by atoms with Gasteiger partial charge < -0.3 is 9.47 Å². The van der Waals surface area contributed by atoms with E-state index in [0.29, 0.717) is 13.0 Å². The van der Waals surface area contributed by atoms with Crippen molar-refractivity contribution in [3.63, 3.8) is 0 Å². The summed E-state index contributed by atoms with van der Waals surface area (Å²) in [4.78, 5) is 11.8. The van der Waals surface area contributed by atoms with E-state index >= 15 is 0 Å². The van der Waals surface area contributed by atoms with Gasteiger partial charge in [0, 0.05) is 6.42 Å². The first-order chi connectivity index (χ1) is 16.0. The summed E-state index contributed by atoms with van der Waals surface area (Å²) in [5.74, 6) is 0.688. The molecule has 2 aromatic rings. The van der Waals surface area contributed by atoms with Crippen LogP contribution in [0.25, 0.3) is 0 Å². The highest BCUT2D eigenvalue weighted by molar-refractivity contribution is 7.89. The number of hydrogen-bond donors (Lipinski definition) is 1. The van der Waals surface area contributed by atoms with E-state index in [0.717, 1.165) is 37.0 Å². The maximum absolute atomic E-state index is 11.7. The van der Waals surface area contributed by atoms with Crippen molar-refractivity contribution in [2.75, 3.05) is 0 Å². The van der Waals surface area contributed by atoms with Gasteiger partial charge in [-0.1, -0.05) is 56.4 Å². The number of rotatable bonds is 14. The van der Waals surface area contributed by atoms with Crippen molar-refractivity contribution in [1.29, 1.82) is 0 Å². The summed E-state index contributed by atoms with van der Waals surface area (Å²) in [6.07, 6.45) is 9.52. The van der Waals surface area contributed by atoms with Gasteiger partial charge in [-0.2, -0.15) is 0 Å². The molecule has 0 radical (unpaired) electrons. The molecule has 34 heavy (non-hydrogen) atoms. The Morgan fingerprint density at radius 1 is 0.794 bits per heavy atom. The van der Waals surface area contributed by atoms with Gasteiger partial charge in [-0.15, -0.1) is 0 Å². The minimum absolute atomic E-state index is 0.0947. The minimum Gasteiger partial charge on any atom is -0.489 e. The molecule has 0 aliphatic rings. The van der Waals surface area contributed by atoms with Crippen molar-refractivity contribution in [2.24, 2.45) is 5.14 Å². The second-order valence-electron chi connectivity index (χ2n) is 9.68. The summed E-state index contributed by atoms with van der Waals surface area (Å²) in [5.41, 5.74) is 1.78. The summed E-state index contributed by atoms with van der Waals surface area (Å²) >= 11 is 0. The largest absolute Gasteiger partial charge is 0.489 e. The van der Waals surface area contributed by atoms with E-state index < -0.39 is 15.6 Å². The normalized spacial score (nSPS) is 11.9. The van der Waals surface area contributed by atoms with Crippen LogP contribution < -0.4 is 9.88 Å². The Morgan fingerprint density at radius 2 is 1.32 bits per heavy atom. The lowest BCUT2D eigenvalue weighted by molar-refractivity contribution is -0.154. The van der Waals surface area contributed by atoms with Gasteiger partial charge in [0.25, 0.3) is 0 Å². The third-order valence-corrected chi connectivity index (χ3v) is 6.28. The smallest absolute Gasteiger partial charge is 0.306 e. The van der Waals surface area contributed by atoms with E-state index in [-0.39, 0.29) is 10.9 Å². The van der Waals surface area contributed by atoms with Gasteiger partial charge in [-0.3, -0.25) is 4.79 Å². The first kappa shape index (κ1) is 27.9. The van der Waals surface area contributed by atoms with Crippen molar-refractivity contribution in [3.05, 3.63) is 59.7 Å². The molecule has 6 nitrogen and oxygen atoms in total. The zero-order valence-electron chi connectivity index (χ0n) is 20.7. The van der Waals surface area contributed by atoms with Crippen molar-refractivity contribution >= 4 is 16.0 Å². The molecule has 0 aliphatic carbocycles. The molecule has 7 heteroatoms. The van der Waals surface area contributed by atoms with E-state index in [1.165, 1.54) is 43.4 Å². The SMILES string of the molecule is CC(C)(C)OC(=O)CCCCCCCCCc1ccc(OCc2ccc(S(N)(=O)=O)cc2)cc1. The number of esters is 1. The lowest BCUT2D eigenvalue weighted by Gasteiger charge is -2.19. The Balaban J connectivity index is 1.54. The molecule has 0 heterocycles. The Kier molecular flexibility index (Phi) is 11.1. The number of unbranched alkanes of at least 4 members (excludes halogenated alkanes) is 6. The van der Waals surface area contributed by atoms with Crippen LogP contribution in [0.5, 0.6) is 5.75 Å².